The van der Waals surface area contributed by atoms with E-state index in [1.54, 1.807) is 21.7 Å². The van der Waals surface area contributed by atoms with Crippen molar-refractivity contribution in [1.29, 1.82) is 0 Å². The van der Waals surface area contributed by atoms with E-state index in [0.29, 0.717) is 18.4 Å². The second kappa shape index (κ2) is 15.4. The molecular weight excluding hydrogens is 435 g/mol. The average molecular weight is 468 g/mol. The van der Waals surface area contributed by atoms with Crippen LogP contribution < -0.4 is 16.4 Å². The van der Waals surface area contributed by atoms with Crippen LogP contribution in [0.1, 0.15) is 36.2 Å². The minimum Gasteiger partial charge on any atom is -0.372 e. The Morgan fingerprint density at radius 1 is 1.12 bits per heavy atom. The molecule has 0 saturated carbocycles. The number of halogens is 3. The van der Waals surface area contributed by atoms with Crippen molar-refractivity contribution in [1.82, 2.24) is 9.61 Å². The molecule has 3 aromatic rings. The second-order valence-corrected chi connectivity index (χ2v) is 6.38. The maximum Gasteiger partial charge on any atom is 0.266 e. The largest absolute Gasteiger partial charge is 0.372 e. The number of hydrogen-bond donors (Lipinski definition) is 2. The van der Waals surface area contributed by atoms with Gasteiger partial charge in [-0.2, -0.15) is 5.10 Å². The summed E-state index contributed by atoms with van der Waals surface area (Å²) in [5.74, 6) is -2.93. The topological polar surface area (TPSA) is 107 Å². The summed E-state index contributed by atoms with van der Waals surface area (Å²) in [6.07, 6.45) is 4.39. The number of aromatic nitrogens is 2. The quantitative estimate of drug-likeness (QED) is 0.557. The molecule has 7 nitrogen and oxygen atoms in total. The van der Waals surface area contributed by atoms with Crippen LogP contribution in [0.5, 0.6) is 0 Å². The Kier molecular flexibility index (Phi) is 13.8. The van der Waals surface area contributed by atoms with Gasteiger partial charge in [-0.3, -0.25) is 9.59 Å². The number of primary amides is 1. The lowest BCUT2D eigenvalue weighted by Gasteiger charge is -2.18. The number of rotatable bonds is 2. The third-order valence-corrected chi connectivity index (χ3v) is 4.22. The van der Waals surface area contributed by atoms with Crippen LogP contribution in [-0.2, 0) is 4.79 Å². The lowest BCUT2D eigenvalue weighted by Crippen LogP contribution is -2.24. The number of nitrogens with two attached hydrogens (primary N) is 2. The van der Waals surface area contributed by atoms with Gasteiger partial charge in [-0.25, -0.2) is 17.7 Å². The number of fused-ring (bicyclic) bond motifs is 1. The Labute approximate surface area is 192 Å². The minimum atomic E-state index is -2.55. The van der Waals surface area contributed by atoms with E-state index >= 15 is 0 Å². The van der Waals surface area contributed by atoms with Gasteiger partial charge in [0.15, 0.2) is 0 Å². The molecule has 1 aliphatic heterocycles. The van der Waals surface area contributed by atoms with E-state index in [1.807, 2.05) is 39.1 Å². The Hall–Kier alpha value is -3.40. The number of alkyl halides is 2. The predicted octanol–water partition coefficient (Wildman–Crippen LogP) is 3.83. The molecule has 0 radical (unpaired) electrons. The van der Waals surface area contributed by atoms with Crippen LogP contribution in [0.4, 0.5) is 18.9 Å². The zero-order valence-electron chi connectivity index (χ0n) is 19.3. The molecule has 0 spiro atoms. The normalized spacial score (nSPS) is 13.0. The van der Waals surface area contributed by atoms with Crippen molar-refractivity contribution in [3.05, 3.63) is 65.7 Å². The first-order valence-corrected chi connectivity index (χ1v) is 10.3. The summed E-state index contributed by atoms with van der Waals surface area (Å²) in [5, 5.41) is 4.16. The van der Waals surface area contributed by atoms with Gasteiger partial charge in [0.1, 0.15) is 12.1 Å². The number of amides is 1. The number of pyridine rings is 1. The van der Waals surface area contributed by atoms with E-state index in [2.05, 4.69) is 16.6 Å². The van der Waals surface area contributed by atoms with Crippen LogP contribution in [0.3, 0.4) is 0 Å². The van der Waals surface area contributed by atoms with Gasteiger partial charge in [-0.15, -0.1) is 0 Å². The first-order chi connectivity index (χ1) is 15.8. The number of anilines is 1. The molecule has 182 valence electrons. The molecule has 4 rings (SSSR count). The van der Waals surface area contributed by atoms with E-state index in [0.717, 1.165) is 16.8 Å². The lowest BCUT2D eigenvalue weighted by atomic mass is 10.2. The molecule has 2 aromatic heterocycles. The molecule has 1 amide bonds. The van der Waals surface area contributed by atoms with Gasteiger partial charge < -0.3 is 16.4 Å². The van der Waals surface area contributed by atoms with Crippen LogP contribution in [0.2, 0.25) is 0 Å². The van der Waals surface area contributed by atoms with E-state index in [-0.39, 0.29) is 25.2 Å². The highest BCUT2D eigenvalue weighted by Gasteiger charge is 2.38. The fourth-order valence-corrected chi connectivity index (χ4v) is 2.82. The summed E-state index contributed by atoms with van der Waals surface area (Å²) in [4.78, 5) is 20.3. The summed E-state index contributed by atoms with van der Waals surface area (Å²) >= 11 is 0. The molecule has 10 heteroatoms. The molecule has 4 N–H and O–H groups in total. The molecule has 0 atom stereocenters. The van der Waals surface area contributed by atoms with Crippen molar-refractivity contribution in [3.8, 4) is 0 Å². The fourth-order valence-electron chi connectivity index (χ4n) is 2.82. The maximum atomic E-state index is 13.2. The average Bonchev–Trinajstić information content (AvgIpc) is 3.39. The maximum absolute atomic E-state index is 13.2. The summed E-state index contributed by atoms with van der Waals surface area (Å²) < 4.78 is 40.3. The van der Waals surface area contributed by atoms with Gasteiger partial charge >= 0.3 is 0 Å². The lowest BCUT2D eigenvalue weighted by molar-refractivity contribution is -0.106. The van der Waals surface area contributed by atoms with Gasteiger partial charge in [0.25, 0.3) is 5.92 Å². The van der Waals surface area contributed by atoms with Crippen molar-refractivity contribution < 1.29 is 22.8 Å². The van der Waals surface area contributed by atoms with E-state index in [9.17, 15) is 18.0 Å². The molecule has 33 heavy (non-hydrogen) atoms. The molecular formula is C23H32F3N5O2. The molecule has 1 aliphatic rings. The van der Waals surface area contributed by atoms with Crippen LogP contribution in [0.25, 0.3) is 5.52 Å². The van der Waals surface area contributed by atoms with Crippen molar-refractivity contribution in [2.45, 2.75) is 33.1 Å². The van der Waals surface area contributed by atoms with Crippen molar-refractivity contribution >= 4 is 23.9 Å². The Morgan fingerprint density at radius 2 is 1.76 bits per heavy atom. The summed E-state index contributed by atoms with van der Waals surface area (Å²) in [5.41, 5.74) is 11.9. The van der Waals surface area contributed by atoms with E-state index in [1.165, 1.54) is 25.2 Å². The Morgan fingerprint density at radius 3 is 2.24 bits per heavy atom. The number of hydrogen-bond acceptors (Lipinski definition) is 5. The molecule has 0 aliphatic carbocycles. The molecule has 0 unspecified atom stereocenters. The summed E-state index contributed by atoms with van der Waals surface area (Å²) in [6, 6.07) is 9.29. The van der Waals surface area contributed by atoms with Crippen LogP contribution in [-0.4, -0.2) is 48.4 Å². The van der Waals surface area contributed by atoms with Gasteiger partial charge in [-0.05, 0) is 43.8 Å². The number of aryl methyl sites for hydroxylation is 1. The predicted molar refractivity (Wildman–Crippen MR) is 125 cm³/mol. The van der Waals surface area contributed by atoms with Crippen molar-refractivity contribution in [2.24, 2.45) is 11.5 Å². The third-order valence-electron chi connectivity index (χ3n) is 4.22. The minimum absolute atomic E-state index is 0.0591. The monoisotopic (exact) mass is 467 g/mol. The second-order valence-electron chi connectivity index (χ2n) is 6.38. The van der Waals surface area contributed by atoms with Crippen molar-refractivity contribution in [2.75, 3.05) is 25.0 Å². The Balaban J connectivity index is 0.000000542. The molecule has 1 fully saturated rings. The van der Waals surface area contributed by atoms with Gasteiger partial charge in [0.05, 0.1) is 18.3 Å². The SMILES string of the molecule is CC.CN.Cc1cnn2ccc(N3CCC(F)(F)C3)cc12.NC=O.O=Cc1cccc(F)c1. The van der Waals surface area contributed by atoms with Gasteiger partial charge in [0, 0.05) is 30.4 Å². The molecule has 1 saturated heterocycles. The molecule has 3 heterocycles. The number of benzene rings is 1. The zero-order valence-corrected chi connectivity index (χ0v) is 19.3. The van der Waals surface area contributed by atoms with Crippen LogP contribution >= 0.6 is 0 Å². The van der Waals surface area contributed by atoms with Gasteiger partial charge in [-0.1, -0.05) is 26.0 Å². The highest BCUT2D eigenvalue weighted by molar-refractivity contribution is 5.74. The van der Waals surface area contributed by atoms with Crippen LogP contribution in [0, 0.1) is 12.7 Å². The number of carbonyl (C=O) groups excluding carboxylic acids is 2. The number of aldehydes is 1. The highest BCUT2D eigenvalue weighted by Crippen LogP contribution is 2.31. The highest BCUT2D eigenvalue weighted by atomic mass is 19.3. The first-order valence-electron chi connectivity index (χ1n) is 10.3. The number of nitrogens with zero attached hydrogens (tertiary/aromatic N) is 3. The van der Waals surface area contributed by atoms with Crippen LogP contribution in [0.15, 0.2) is 48.8 Å². The van der Waals surface area contributed by atoms with Crippen molar-refractivity contribution in [3.63, 3.8) is 0 Å². The van der Waals surface area contributed by atoms with E-state index < -0.39 is 5.92 Å². The first kappa shape index (κ1) is 29.6. The van der Waals surface area contributed by atoms with E-state index in [4.69, 9.17) is 4.79 Å². The van der Waals surface area contributed by atoms with Gasteiger partial charge in [0.2, 0.25) is 6.41 Å². The molecule has 0 bridgehead atoms. The zero-order chi connectivity index (χ0) is 25.4. The fraction of sp³-hybridized carbons (Fsp3) is 0.348. The Bertz CT molecular complexity index is 980. The molecule has 1 aromatic carbocycles. The summed E-state index contributed by atoms with van der Waals surface area (Å²) in [6.45, 7) is 6.19. The number of carbonyl (C=O) groups is 2. The standard InChI is InChI=1S/C12H13F2N3.C7H5FO.C2H6.CH3NO.CH5N/c1-9-7-15-17-4-2-10(6-11(9)17)16-5-3-12(13,14)8-16;8-7-3-1-2-6(4-7)5-9;1-2;2-1-3;1-2/h2,4,6-7H,3,5,8H2,1H3;1-5H;1-2H3;1H,(H2,2,3);2H2,1H3. The third kappa shape index (κ3) is 9.73. The smallest absolute Gasteiger partial charge is 0.266 e. The summed E-state index contributed by atoms with van der Waals surface area (Å²) in [7, 11) is 1.50.